The van der Waals surface area contributed by atoms with Gasteiger partial charge in [-0.25, -0.2) is 4.98 Å². The topological polar surface area (TPSA) is 77.8 Å². The first-order valence-corrected chi connectivity index (χ1v) is 5.20. The molecule has 15 heavy (non-hydrogen) atoms. The van der Waals surface area contributed by atoms with Crippen LogP contribution in [-0.4, -0.2) is 9.97 Å². The van der Waals surface area contributed by atoms with Gasteiger partial charge in [0.15, 0.2) is 0 Å². The highest BCUT2D eigenvalue weighted by Crippen LogP contribution is 2.21. The Morgan fingerprint density at radius 1 is 1.20 bits per heavy atom. The van der Waals surface area contributed by atoms with Crippen molar-refractivity contribution in [2.75, 3.05) is 11.5 Å². The molecule has 0 unspecified atom stereocenters. The minimum absolute atomic E-state index is 0. The van der Waals surface area contributed by atoms with E-state index in [0.717, 1.165) is 21.8 Å². The third-order valence-corrected chi connectivity index (χ3v) is 2.61. The fourth-order valence-electron chi connectivity index (χ4n) is 1.30. The largest absolute Gasteiger partial charge is 0.383 e. The average Bonchev–Trinajstić information content (AvgIpc) is 2.17. The maximum Gasteiger partial charge on any atom is 0.222 e. The van der Waals surface area contributed by atoms with Crippen LogP contribution in [0, 0.1) is 0 Å². The van der Waals surface area contributed by atoms with Crippen LogP contribution < -0.4 is 11.5 Å². The molecule has 0 saturated carbocycles. The highest BCUT2D eigenvalue weighted by Gasteiger charge is 2.03. The van der Waals surface area contributed by atoms with Gasteiger partial charge in [-0.15, -0.1) is 17.0 Å². The van der Waals surface area contributed by atoms with Gasteiger partial charge in [0.25, 0.3) is 0 Å². The van der Waals surface area contributed by atoms with Crippen molar-refractivity contribution in [1.82, 2.24) is 9.97 Å². The monoisotopic (exact) mass is 332 g/mol. The van der Waals surface area contributed by atoms with Gasteiger partial charge in [0.1, 0.15) is 5.82 Å². The number of benzene rings is 1. The molecule has 0 aliphatic carbocycles. The molecule has 4 N–H and O–H groups in total. The van der Waals surface area contributed by atoms with Crippen molar-refractivity contribution < 1.29 is 0 Å². The van der Waals surface area contributed by atoms with Crippen LogP contribution in [0.15, 0.2) is 18.2 Å². The van der Waals surface area contributed by atoms with Gasteiger partial charge in [0.2, 0.25) is 5.95 Å². The lowest BCUT2D eigenvalue weighted by atomic mass is 10.1. The molecule has 2 rings (SSSR count). The summed E-state index contributed by atoms with van der Waals surface area (Å²) in [7, 11) is 0. The van der Waals surface area contributed by atoms with E-state index >= 15 is 0 Å². The Kier molecular flexibility index (Phi) is 3.87. The molecule has 0 spiro atoms. The summed E-state index contributed by atoms with van der Waals surface area (Å²) < 4.78 is 0. The number of hydrogen-bond acceptors (Lipinski definition) is 4. The van der Waals surface area contributed by atoms with Crippen molar-refractivity contribution in [1.29, 1.82) is 0 Å². The number of nitrogens with zero attached hydrogens (tertiary/aromatic N) is 2. The molecule has 0 bridgehead atoms. The van der Waals surface area contributed by atoms with Gasteiger partial charge in [-0.05, 0) is 17.7 Å². The molecule has 0 aliphatic rings. The molecule has 1 aromatic heterocycles. The highest BCUT2D eigenvalue weighted by atomic mass is 79.9. The van der Waals surface area contributed by atoms with E-state index in [1.807, 2.05) is 18.2 Å². The van der Waals surface area contributed by atoms with Gasteiger partial charge in [-0.1, -0.05) is 22.0 Å². The minimum Gasteiger partial charge on any atom is -0.383 e. The van der Waals surface area contributed by atoms with E-state index in [2.05, 4.69) is 25.9 Å². The maximum atomic E-state index is 5.73. The molecule has 0 aliphatic heterocycles. The quantitative estimate of drug-likeness (QED) is 0.785. The van der Waals surface area contributed by atoms with Crippen LogP contribution >= 0.6 is 32.9 Å². The Hall–Kier alpha value is -0.880. The predicted molar refractivity (Wildman–Crippen MR) is 71.3 cm³/mol. The Bertz CT molecular complexity index is 487. The number of anilines is 2. The van der Waals surface area contributed by atoms with Crippen molar-refractivity contribution >= 4 is 55.6 Å². The van der Waals surface area contributed by atoms with E-state index in [9.17, 15) is 0 Å². The molecule has 0 saturated heterocycles. The lowest BCUT2D eigenvalue weighted by Gasteiger charge is -2.03. The molecule has 0 amide bonds. The number of hydrogen-bond donors (Lipinski definition) is 2. The van der Waals surface area contributed by atoms with Gasteiger partial charge < -0.3 is 11.5 Å². The van der Waals surface area contributed by atoms with Gasteiger partial charge in [-0.2, -0.15) is 4.98 Å². The summed E-state index contributed by atoms with van der Waals surface area (Å²) in [6, 6.07) is 5.82. The fraction of sp³-hybridized carbons (Fsp3) is 0.111. The number of aromatic nitrogens is 2. The number of rotatable bonds is 1. The summed E-state index contributed by atoms with van der Waals surface area (Å²) in [5.74, 6) is 0.636. The van der Waals surface area contributed by atoms with Crippen LogP contribution in [0.3, 0.4) is 0 Å². The summed E-state index contributed by atoms with van der Waals surface area (Å²) in [5, 5.41) is 1.63. The van der Waals surface area contributed by atoms with Crippen molar-refractivity contribution in [3.63, 3.8) is 0 Å². The number of nitrogens with two attached hydrogens (primary N) is 2. The lowest BCUT2D eigenvalue weighted by Crippen LogP contribution is -2.00. The third-order valence-electron chi connectivity index (χ3n) is 1.96. The van der Waals surface area contributed by atoms with Crippen LogP contribution in [0.1, 0.15) is 5.56 Å². The average molecular weight is 334 g/mol. The Balaban J connectivity index is 0.00000112. The summed E-state index contributed by atoms with van der Waals surface area (Å²) in [6.45, 7) is 0. The summed E-state index contributed by atoms with van der Waals surface area (Å²) in [6.07, 6.45) is 0. The second-order valence-electron chi connectivity index (χ2n) is 2.95. The van der Waals surface area contributed by atoms with Crippen LogP contribution in [0.5, 0.6) is 0 Å². The molecule has 0 radical (unpaired) electrons. The van der Waals surface area contributed by atoms with E-state index in [0.29, 0.717) is 5.82 Å². The molecular weight excluding hydrogens is 324 g/mol. The highest BCUT2D eigenvalue weighted by molar-refractivity contribution is 9.08. The van der Waals surface area contributed by atoms with Crippen molar-refractivity contribution in [3.05, 3.63) is 23.8 Å². The van der Waals surface area contributed by atoms with Crippen LogP contribution in [0.25, 0.3) is 10.9 Å². The van der Waals surface area contributed by atoms with Crippen molar-refractivity contribution in [2.45, 2.75) is 5.33 Å². The second kappa shape index (κ2) is 4.76. The number of nitrogen functional groups attached to an aromatic ring is 2. The SMILES string of the molecule is Br.Nc1nc(N)c2cc(CBr)ccc2n1. The van der Waals surface area contributed by atoms with Crippen LogP contribution in [0.2, 0.25) is 0 Å². The van der Waals surface area contributed by atoms with Gasteiger partial charge >= 0.3 is 0 Å². The van der Waals surface area contributed by atoms with E-state index in [1.54, 1.807) is 0 Å². The third kappa shape index (κ3) is 2.38. The molecule has 1 heterocycles. The van der Waals surface area contributed by atoms with Gasteiger partial charge in [0.05, 0.1) is 5.52 Å². The smallest absolute Gasteiger partial charge is 0.222 e. The van der Waals surface area contributed by atoms with Crippen molar-refractivity contribution in [3.8, 4) is 0 Å². The zero-order chi connectivity index (χ0) is 10.1. The zero-order valence-electron chi connectivity index (χ0n) is 7.77. The molecule has 2 aromatic rings. The van der Waals surface area contributed by atoms with E-state index in [4.69, 9.17) is 11.5 Å². The first kappa shape index (κ1) is 12.2. The molecule has 0 atom stereocenters. The Morgan fingerprint density at radius 3 is 2.60 bits per heavy atom. The van der Waals surface area contributed by atoms with Crippen LogP contribution in [0.4, 0.5) is 11.8 Å². The minimum atomic E-state index is 0. The number of halogens is 2. The van der Waals surface area contributed by atoms with Gasteiger partial charge in [0, 0.05) is 10.7 Å². The van der Waals surface area contributed by atoms with E-state index < -0.39 is 0 Å². The lowest BCUT2D eigenvalue weighted by molar-refractivity contribution is 1.24. The summed E-state index contributed by atoms with van der Waals surface area (Å²) >= 11 is 3.38. The second-order valence-corrected chi connectivity index (χ2v) is 3.51. The first-order valence-electron chi connectivity index (χ1n) is 4.08. The molecule has 0 fully saturated rings. The predicted octanol–water partition coefficient (Wildman–Crippen LogP) is 2.27. The molecular formula is C9H10Br2N4. The Labute approximate surface area is 106 Å². The van der Waals surface area contributed by atoms with Crippen molar-refractivity contribution in [2.24, 2.45) is 0 Å². The normalized spacial score (nSPS) is 9.93. The summed E-state index contributed by atoms with van der Waals surface area (Å²) in [5.41, 5.74) is 13.1. The number of fused-ring (bicyclic) bond motifs is 1. The molecule has 1 aromatic carbocycles. The molecule has 6 heteroatoms. The standard InChI is InChI=1S/C9H9BrN4.BrH/c10-4-5-1-2-7-6(3-5)8(11)14-9(12)13-7;/h1-3H,4H2,(H4,11,12,13,14);1H. The first-order chi connectivity index (χ1) is 6.70. The maximum absolute atomic E-state index is 5.73. The fourth-order valence-corrected chi connectivity index (χ4v) is 1.65. The van der Waals surface area contributed by atoms with E-state index in [-0.39, 0.29) is 22.9 Å². The van der Waals surface area contributed by atoms with Gasteiger partial charge in [-0.3, -0.25) is 0 Å². The molecule has 4 nitrogen and oxygen atoms in total. The number of alkyl halides is 1. The molecule has 80 valence electrons. The van der Waals surface area contributed by atoms with Crippen LogP contribution in [-0.2, 0) is 5.33 Å². The van der Waals surface area contributed by atoms with E-state index in [1.165, 1.54) is 0 Å². The Morgan fingerprint density at radius 2 is 1.93 bits per heavy atom. The zero-order valence-corrected chi connectivity index (χ0v) is 11.1. The summed E-state index contributed by atoms with van der Waals surface area (Å²) in [4.78, 5) is 7.99.